The number of imidazole rings is 1. The third kappa shape index (κ3) is 3.90. The first-order valence-electron chi connectivity index (χ1n) is 9.18. The molecule has 3 heterocycles. The lowest BCUT2D eigenvalue weighted by Gasteiger charge is -2.39. The SMILES string of the molecule is CN1CCN(C(=O)Cc2ccccc2)C(c2ncc(-c3cccnc3)[nH]2)C1. The second-order valence-electron chi connectivity index (χ2n) is 6.95. The Morgan fingerprint density at radius 3 is 2.78 bits per heavy atom. The molecule has 1 fully saturated rings. The van der Waals surface area contributed by atoms with E-state index in [-0.39, 0.29) is 11.9 Å². The van der Waals surface area contributed by atoms with Gasteiger partial charge in [-0.15, -0.1) is 0 Å². The lowest BCUT2D eigenvalue weighted by molar-refractivity contribution is -0.135. The molecule has 0 radical (unpaired) electrons. The van der Waals surface area contributed by atoms with Gasteiger partial charge in [-0.1, -0.05) is 30.3 Å². The third-order valence-electron chi connectivity index (χ3n) is 4.99. The van der Waals surface area contributed by atoms with Crippen molar-refractivity contribution >= 4 is 5.91 Å². The Morgan fingerprint density at radius 2 is 2.00 bits per heavy atom. The molecule has 1 aromatic carbocycles. The lowest BCUT2D eigenvalue weighted by Crippen LogP contribution is -2.50. The molecule has 6 nitrogen and oxygen atoms in total. The highest BCUT2D eigenvalue weighted by atomic mass is 16.2. The van der Waals surface area contributed by atoms with E-state index in [2.05, 4.69) is 26.9 Å². The molecule has 1 unspecified atom stereocenters. The van der Waals surface area contributed by atoms with Crippen LogP contribution in [0.15, 0.2) is 61.1 Å². The van der Waals surface area contributed by atoms with E-state index in [0.717, 1.165) is 35.7 Å². The van der Waals surface area contributed by atoms with Gasteiger partial charge < -0.3 is 14.8 Å². The summed E-state index contributed by atoms with van der Waals surface area (Å²) in [6.45, 7) is 2.34. The van der Waals surface area contributed by atoms with Crippen LogP contribution in [-0.2, 0) is 11.2 Å². The number of benzene rings is 1. The number of piperazine rings is 1. The molecule has 1 aliphatic rings. The number of nitrogens with zero attached hydrogens (tertiary/aromatic N) is 4. The Hall–Kier alpha value is -2.99. The molecule has 4 rings (SSSR count). The molecule has 1 saturated heterocycles. The van der Waals surface area contributed by atoms with Crippen molar-refractivity contribution in [2.45, 2.75) is 12.5 Å². The highest BCUT2D eigenvalue weighted by molar-refractivity contribution is 5.79. The number of hydrogen-bond acceptors (Lipinski definition) is 4. The quantitative estimate of drug-likeness (QED) is 0.776. The fraction of sp³-hybridized carbons (Fsp3) is 0.286. The summed E-state index contributed by atoms with van der Waals surface area (Å²) in [5.74, 6) is 0.959. The first-order valence-corrected chi connectivity index (χ1v) is 9.18. The number of rotatable bonds is 4. The van der Waals surface area contributed by atoms with Crippen LogP contribution in [0.3, 0.4) is 0 Å². The second kappa shape index (κ2) is 7.72. The first kappa shape index (κ1) is 17.4. The van der Waals surface area contributed by atoms with E-state index in [1.807, 2.05) is 59.8 Å². The van der Waals surface area contributed by atoms with E-state index >= 15 is 0 Å². The van der Waals surface area contributed by atoms with Crippen molar-refractivity contribution in [2.24, 2.45) is 0 Å². The number of aromatic nitrogens is 3. The third-order valence-corrected chi connectivity index (χ3v) is 4.99. The number of nitrogens with one attached hydrogen (secondary N) is 1. The summed E-state index contributed by atoms with van der Waals surface area (Å²) in [6, 6.07) is 13.7. The summed E-state index contributed by atoms with van der Waals surface area (Å²) < 4.78 is 0. The van der Waals surface area contributed by atoms with Crippen LogP contribution >= 0.6 is 0 Å². The van der Waals surface area contributed by atoms with Crippen LogP contribution in [0.4, 0.5) is 0 Å². The summed E-state index contributed by atoms with van der Waals surface area (Å²) in [4.78, 5) is 29.3. The number of hydrogen-bond donors (Lipinski definition) is 1. The largest absolute Gasteiger partial charge is 0.340 e. The van der Waals surface area contributed by atoms with E-state index < -0.39 is 0 Å². The van der Waals surface area contributed by atoms with Crippen molar-refractivity contribution in [3.8, 4) is 11.3 Å². The molecule has 3 aromatic rings. The maximum absolute atomic E-state index is 13.0. The Morgan fingerprint density at radius 1 is 1.15 bits per heavy atom. The maximum Gasteiger partial charge on any atom is 0.227 e. The average molecular weight is 361 g/mol. The molecular weight excluding hydrogens is 338 g/mol. The summed E-state index contributed by atoms with van der Waals surface area (Å²) in [7, 11) is 2.08. The van der Waals surface area contributed by atoms with Gasteiger partial charge in [-0.25, -0.2) is 4.98 Å². The van der Waals surface area contributed by atoms with Gasteiger partial charge in [0.2, 0.25) is 5.91 Å². The van der Waals surface area contributed by atoms with Crippen molar-refractivity contribution < 1.29 is 4.79 Å². The molecule has 0 spiro atoms. The molecule has 138 valence electrons. The molecule has 27 heavy (non-hydrogen) atoms. The van der Waals surface area contributed by atoms with Gasteiger partial charge in [0.15, 0.2) is 0 Å². The minimum absolute atomic E-state index is 0.0783. The van der Waals surface area contributed by atoms with Crippen molar-refractivity contribution in [1.29, 1.82) is 0 Å². The second-order valence-corrected chi connectivity index (χ2v) is 6.95. The van der Waals surface area contributed by atoms with Crippen LogP contribution in [-0.4, -0.2) is 57.3 Å². The van der Waals surface area contributed by atoms with Crippen LogP contribution in [0.2, 0.25) is 0 Å². The Balaban J connectivity index is 1.57. The van der Waals surface area contributed by atoms with Crippen LogP contribution in [0.1, 0.15) is 17.4 Å². The number of aromatic amines is 1. The fourth-order valence-electron chi connectivity index (χ4n) is 3.50. The molecule has 1 atom stereocenters. The number of amides is 1. The monoisotopic (exact) mass is 361 g/mol. The van der Waals surface area contributed by atoms with Crippen LogP contribution in [0, 0.1) is 0 Å². The summed E-state index contributed by atoms with van der Waals surface area (Å²) >= 11 is 0. The topological polar surface area (TPSA) is 65.1 Å². The molecular formula is C21H23N5O. The predicted octanol–water partition coefficient (Wildman–Crippen LogP) is 2.53. The minimum atomic E-state index is -0.0783. The van der Waals surface area contributed by atoms with E-state index in [0.29, 0.717) is 13.0 Å². The molecule has 0 aliphatic carbocycles. The van der Waals surface area contributed by atoms with E-state index in [1.54, 1.807) is 6.20 Å². The van der Waals surface area contributed by atoms with Gasteiger partial charge in [-0.2, -0.15) is 0 Å². The van der Waals surface area contributed by atoms with E-state index in [4.69, 9.17) is 0 Å². The van der Waals surface area contributed by atoms with E-state index in [9.17, 15) is 4.79 Å². The minimum Gasteiger partial charge on any atom is -0.340 e. The van der Waals surface area contributed by atoms with Crippen molar-refractivity contribution in [3.63, 3.8) is 0 Å². The Kier molecular flexibility index (Phi) is 4.98. The average Bonchev–Trinajstić information content (AvgIpc) is 3.19. The number of likely N-dealkylation sites (N-methyl/N-ethyl adjacent to an activating group) is 1. The van der Waals surface area contributed by atoms with Crippen LogP contribution < -0.4 is 0 Å². The molecule has 1 N–H and O–H groups in total. The highest BCUT2D eigenvalue weighted by Gasteiger charge is 2.32. The van der Waals surface area contributed by atoms with Gasteiger partial charge in [0, 0.05) is 37.6 Å². The number of carbonyl (C=O) groups is 1. The van der Waals surface area contributed by atoms with Crippen molar-refractivity contribution in [2.75, 3.05) is 26.7 Å². The zero-order valence-electron chi connectivity index (χ0n) is 15.4. The van der Waals surface area contributed by atoms with Gasteiger partial charge in [0.1, 0.15) is 11.9 Å². The maximum atomic E-state index is 13.0. The normalized spacial score (nSPS) is 17.8. The summed E-state index contributed by atoms with van der Waals surface area (Å²) in [6.07, 6.45) is 5.79. The molecule has 2 aromatic heterocycles. The van der Waals surface area contributed by atoms with Crippen LogP contribution in [0.5, 0.6) is 0 Å². The number of carbonyl (C=O) groups excluding carboxylic acids is 1. The number of pyridine rings is 1. The standard InChI is InChI=1S/C21H23N5O/c1-25-10-11-26(20(27)12-16-6-3-2-4-7-16)19(15-25)21-23-14-18(24-21)17-8-5-9-22-13-17/h2-9,13-14,19H,10-12,15H2,1H3,(H,23,24). The predicted molar refractivity (Wildman–Crippen MR) is 104 cm³/mol. The smallest absolute Gasteiger partial charge is 0.227 e. The number of H-pyrrole nitrogens is 1. The Bertz CT molecular complexity index is 893. The molecule has 6 heteroatoms. The van der Waals surface area contributed by atoms with E-state index in [1.165, 1.54) is 0 Å². The zero-order valence-corrected chi connectivity index (χ0v) is 15.4. The first-order chi connectivity index (χ1) is 13.2. The molecule has 1 amide bonds. The highest BCUT2D eigenvalue weighted by Crippen LogP contribution is 2.26. The van der Waals surface area contributed by atoms with Crippen molar-refractivity contribution in [1.82, 2.24) is 24.8 Å². The van der Waals surface area contributed by atoms with Crippen LogP contribution in [0.25, 0.3) is 11.3 Å². The summed E-state index contributed by atoms with van der Waals surface area (Å²) in [5, 5.41) is 0. The summed E-state index contributed by atoms with van der Waals surface area (Å²) in [5.41, 5.74) is 2.94. The van der Waals surface area contributed by atoms with Gasteiger partial charge in [-0.05, 0) is 24.7 Å². The zero-order chi connectivity index (χ0) is 18.6. The fourth-order valence-corrected chi connectivity index (χ4v) is 3.50. The lowest BCUT2D eigenvalue weighted by atomic mass is 10.1. The van der Waals surface area contributed by atoms with Gasteiger partial charge in [0.05, 0.1) is 18.3 Å². The molecule has 1 aliphatic heterocycles. The van der Waals surface area contributed by atoms with Gasteiger partial charge in [0.25, 0.3) is 0 Å². The van der Waals surface area contributed by atoms with Crippen molar-refractivity contribution in [3.05, 3.63) is 72.4 Å². The Labute approximate surface area is 158 Å². The molecule has 0 saturated carbocycles. The van der Waals surface area contributed by atoms with Gasteiger partial charge in [-0.3, -0.25) is 9.78 Å². The molecule has 0 bridgehead atoms. The van der Waals surface area contributed by atoms with Gasteiger partial charge >= 0.3 is 0 Å².